The van der Waals surface area contributed by atoms with Crippen LogP contribution in [0.25, 0.3) is 0 Å². The summed E-state index contributed by atoms with van der Waals surface area (Å²) in [6, 6.07) is 0. The van der Waals surface area contributed by atoms with Gasteiger partial charge in [-0.25, -0.2) is 0 Å². The van der Waals surface area contributed by atoms with Crippen molar-refractivity contribution in [1.29, 1.82) is 0 Å². The third kappa shape index (κ3) is 0.374. The van der Waals surface area contributed by atoms with Gasteiger partial charge in [0.05, 0.1) is 0 Å². The van der Waals surface area contributed by atoms with Crippen LogP contribution in [-0.2, 0) is 0 Å². The standard InChI is InChI=1S/C20H28/c1-13-5-9-17(13)18(10-6-14(13,18)2)20-12-8-16(20,4)15(3)7-11-19(15,17)20/h5-12H2,1-4H3/t13-,14+,15?,16?,17?,18?,19?,20?. The summed E-state index contributed by atoms with van der Waals surface area (Å²) in [5.41, 5.74) is 6.37. The first-order chi connectivity index (χ1) is 9.33. The predicted molar refractivity (Wildman–Crippen MR) is 79.1 cm³/mol. The Hall–Kier alpha value is 0. The van der Waals surface area contributed by atoms with Crippen molar-refractivity contribution >= 4 is 0 Å². The van der Waals surface area contributed by atoms with Gasteiger partial charge in [-0.2, -0.15) is 0 Å². The minimum Gasteiger partial charge on any atom is -0.0585 e. The number of hydrogen-bond acceptors (Lipinski definition) is 0. The lowest BCUT2D eigenvalue weighted by atomic mass is 8.84. The second kappa shape index (κ2) is 1.96. The fourth-order valence-corrected chi connectivity index (χ4v) is 12.7. The SMILES string of the molecule is CC12CCC13C1(CCC21C)C12CC[C@@]1(C)[C@@]1(C)CCC321. The number of hydrogen-bond donors (Lipinski definition) is 0. The van der Waals surface area contributed by atoms with E-state index in [-0.39, 0.29) is 0 Å². The molecule has 0 nitrogen and oxygen atoms in total. The van der Waals surface area contributed by atoms with E-state index in [1.54, 1.807) is 51.4 Å². The Labute approximate surface area is 123 Å². The molecule has 0 saturated heterocycles. The van der Waals surface area contributed by atoms with Crippen molar-refractivity contribution in [2.75, 3.05) is 0 Å². The fraction of sp³-hybridized carbons (Fsp3) is 1.00. The van der Waals surface area contributed by atoms with Crippen LogP contribution in [0.3, 0.4) is 0 Å². The summed E-state index contributed by atoms with van der Waals surface area (Å²) in [7, 11) is 0. The highest BCUT2D eigenvalue weighted by Crippen LogP contribution is 3.21. The summed E-state index contributed by atoms with van der Waals surface area (Å²) in [4.78, 5) is 0. The molecule has 0 heteroatoms. The molecule has 108 valence electrons. The van der Waals surface area contributed by atoms with Crippen LogP contribution < -0.4 is 0 Å². The van der Waals surface area contributed by atoms with Gasteiger partial charge in [0.2, 0.25) is 0 Å². The monoisotopic (exact) mass is 268 g/mol. The van der Waals surface area contributed by atoms with Crippen LogP contribution >= 0.6 is 0 Å². The molecule has 6 unspecified atom stereocenters. The zero-order valence-electron chi connectivity index (χ0n) is 13.7. The van der Waals surface area contributed by atoms with Gasteiger partial charge >= 0.3 is 0 Å². The van der Waals surface area contributed by atoms with E-state index in [0.717, 1.165) is 43.3 Å². The zero-order chi connectivity index (χ0) is 13.7. The van der Waals surface area contributed by atoms with Crippen molar-refractivity contribution in [3.8, 4) is 0 Å². The lowest BCUT2D eigenvalue weighted by Crippen LogP contribution is -3.14. The van der Waals surface area contributed by atoms with E-state index in [1.165, 1.54) is 0 Å². The molecule has 0 amide bonds. The highest BCUT2D eigenvalue weighted by atomic mass is 15.2. The lowest BCUT2D eigenvalue weighted by molar-refractivity contribution is -0.721. The molecule has 0 aromatic rings. The Morgan fingerprint density at radius 2 is 0.550 bits per heavy atom. The molecule has 4 spiro atoms. The highest BCUT2D eigenvalue weighted by molar-refractivity contribution is 5.63. The van der Waals surface area contributed by atoms with E-state index >= 15 is 0 Å². The van der Waals surface area contributed by atoms with Crippen LogP contribution in [0.2, 0.25) is 0 Å². The van der Waals surface area contributed by atoms with Crippen molar-refractivity contribution in [2.24, 2.45) is 43.3 Å². The van der Waals surface area contributed by atoms with Gasteiger partial charge in [-0.3, -0.25) is 0 Å². The zero-order valence-corrected chi connectivity index (χ0v) is 13.7. The molecule has 0 bridgehead atoms. The first-order valence-electron chi connectivity index (χ1n) is 9.33. The van der Waals surface area contributed by atoms with Gasteiger partial charge in [0.1, 0.15) is 0 Å². The maximum absolute atomic E-state index is 2.72. The van der Waals surface area contributed by atoms with Crippen molar-refractivity contribution < 1.29 is 0 Å². The molecule has 7 aliphatic rings. The molecule has 7 rings (SSSR count). The molecular formula is C20H28. The average Bonchev–Trinajstić information content (AvgIpc) is 2.36. The van der Waals surface area contributed by atoms with E-state index in [0.29, 0.717) is 0 Å². The number of fused-ring (bicyclic) bond motifs is 2. The topological polar surface area (TPSA) is 0 Å². The maximum Gasteiger partial charge on any atom is -0.0103 e. The Morgan fingerprint density at radius 3 is 0.650 bits per heavy atom. The molecule has 7 saturated carbocycles. The minimum atomic E-state index is 0.752. The molecular weight excluding hydrogens is 240 g/mol. The van der Waals surface area contributed by atoms with Gasteiger partial charge in [-0.1, -0.05) is 27.7 Å². The molecule has 7 fully saturated rings. The lowest BCUT2D eigenvalue weighted by Gasteiger charge is -3.19. The van der Waals surface area contributed by atoms with Crippen LogP contribution in [0.1, 0.15) is 79.1 Å². The number of rotatable bonds is 0. The molecule has 0 aromatic carbocycles. The third-order valence-corrected chi connectivity index (χ3v) is 13.1. The largest absolute Gasteiger partial charge is 0.0585 e. The Kier molecular flexibility index (Phi) is 1.05. The van der Waals surface area contributed by atoms with Crippen LogP contribution in [0.5, 0.6) is 0 Å². The molecule has 7 aliphatic carbocycles. The average molecular weight is 268 g/mol. The molecule has 0 radical (unpaired) electrons. The van der Waals surface area contributed by atoms with Crippen molar-refractivity contribution in [3.05, 3.63) is 0 Å². The summed E-state index contributed by atoms with van der Waals surface area (Å²) >= 11 is 0. The molecule has 20 heavy (non-hydrogen) atoms. The summed E-state index contributed by atoms with van der Waals surface area (Å²) in [5, 5.41) is 0. The smallest absolute Gasteiger partial charge is 0.0103 e. The van der Waals surface area contributed by atoms with Crippen molar-refractivity contribution in [3.63, 3.8) is 0 Å². The van der Waals surface area contributed by atoms with Crippen LogP contribution in [-0.4, -0.2) is 0 Å². The molecule has 0 aromatic heterocycles. The van der Waals surface area contributed by atoms with Crippen LogP contribution in [0.4, 0.5) is 0 Å². The third-order valence-electron chi connectivity index (χ3n) is 13.1. The molecule has 0 N–H and O–H groups in total. The normalized spacial score (nSPS) is 87.0. The second-order valence-corrected chi connectivity index (χ2v) is 10.9. The van der Waals surface area contributed by atoms with Gasteiger partial charge in [0.25, 0.3) is 0 Å². The first kappa shape index (κ1) is 10.7. The van der Waals surface area contributed by atoms with E-state index < -0.39 is 0 Å². The Bertz CT molecular complexity index is 522. The summed E-state index contributed by atoms with van der Waals surface area (Å²) in [6.45, 7) is 10.9. The fourth-order valence-electron chi connectivity index (χ4n) is 12.7. The highest BCUT2D eigenvalue weighted by Gasteiger charge is 3.16. The molecule has 8 atom stereocenters. The van der Waals surface area contributed by atoms with Crippen molar-refractivity contribution in [1.82, 2.24) is 0 Å². The van der Waals surface area contributed by atoms with Gasteiger partial charge < -0.3 is 0 Å². The predicted octanol–water partition coefficient (Wildman–Crippen LogP) is 5.17. The summed E-state index contributed by atoms with van der Waals surface area (Å²) < 4.78 is 0. The van der Waals surface area contributed by atoms with Gasteiger partial charge in [-0.15, -0.1) is 0 Å². The Balaban J connectivity index is 1.58. The van der Waals surface area contributed by atoms with E-state index in [1.807, 2.05) is 0 Å². The van der Waals surface area contributed by atoms with E-state index in [2.05, 4.69) is 27.7 Å². The molecule has 0 heterocycles. The minimum absolute atomic E-state index is 0.752. The van der Waals surface area contributed by atoms with E-state index in [4.69, 9.17) is 0 Å². The quantitative estimate of drug-likeness (QED) is 0.568. The Morgan fingerprint density at radius 1 is 0.350 bits per heavy atom. The maximum atomic E-state index is 2.72. The van der Waals surface area contributed by atoms with Gasteiger partial charge in [0, 0.05) is 0 Å². The van der Waals surface area contributed by atoms with Crippen LogP contribution in [0, 0.1) is 43.3 Å². The molecule has 0 aliphatic heterocycles. The van der Waals surface area contributed by atoms with Crippen molar-refractivity contribution in [2.45, 2.75) is 79.1 Å². The second-order valence-electron chi connectivity index (χ2n) is 10.9. The summed E-state index contributed by atoms with van der Waals surface area (Å²) in [6.07, 6.45) is 12.7. The van der Waals surface area contributed by atoms with E-state index in [9.17, 15) is 0 Å². The summed E-state index contributed by atoms with van der Waals surface area (Å²) in [5.74, 6) is 0. The first-order valence-corrected chi connectivity index (χ1v) is 9.33. The van der Waals surface area contributed by atoms with Crippen LogP contribution in [0.15, 0.2) is 0 Å². The van der Waals surface area contributed by atoms with Gasteiger partial charge in [-0.05, 0) is 94.7 Å². The van der Waals surface area contributed by atoms with Gasteiger partial charge in [0.15, 0.2) is 0 Å².